The van der Waals surface area contributed by atoms with E-state index in [1.807, 2.05) is 12.3 Å². The van der Waals surface area contributed by atoms with E-state index >= 15 is 0 Å². The first-order valence-electron chi connectivity index (χ1n) is 7.58. The summed E-state index contributed by atoms with van der Waals surface area (Å²) in [4.78, 5) is 15.0. The zero-order valence-electron chi connectivity index (χ0n) is 11.9. The lowest BCUT2D eigenvalue weighted by atomic mass is 9.92. The van der Waals surface area contributed by atoms with Crippen LogP contribution in [0.3, 0.4) is 0 Å². The number of aromatic nitrogens is 1. The number of amides is 1. The van der Waals surface area contributed by atoms with Crippen LogP contribution in [0.25, 0.3) is 0 Å². The van der Waals surface area contributed by atoms with Crippen LogP contribution < -0.4 is 5.32 Å². The van der Waals surface area contributed by atoms with E-state index in [2.05, 4.69) is 37.6 Å². The van der Waals surface area contributed by atoms with E-state index in [9.17, 15) is 4.79 Å². The lowest BCUT2D eigenvalue weighted by molar-refractivity contribution is 0.0563. The molecule has 4 nitrogen and oxygen atoms in total. The van der Waals surface area contributed by atoms with Crippen molar-refractivity contribution in [1.82, 2.24) is 14.8 Å². The van der Waals surface area contributed by atoms with Gasteiger partial charge in [0.2, 0.25) is 0 Å². The highest BCUT2D eigenvalue weighted by molar-refractivity contribution is 9.10. The van der Waals surface area contributed by atoms with Gasteiger partial charge in [-0.25, -0.2) is 0 Å². The molecule has 5 heteroatoms. The smallest absolute Gasteiger partial charge is 0.270 e. The van der Waals surface area contributed by atoms with Crippen LogP contribution in [-0.2, 0) is 6.54 Å². The molecule has 20 heavy (non-hydrogen) atoms. The van der Waals surface area contributed by atoms with Crippen molar-refractivity contribution in [3.8, 4) is 0 Å². The minimum absolute atomic E-state index is 0.197. The van der Waals surface area contributed by atoms with E-state index in [-0.39, 0.29) is 5.91 Å². The fourth-order valence-electron chi connectivity index (χ4n) is 3.55. The van der Waals surface area contributed by atoms with Crippen molar-refractivity contribution in [3.63, 3.8) is 0 Å². The molecular formula is C15H22BrN3O. The second-order valence-electron chi connectivity index (χ2n) is 5.86. The standard InChI is InChI=1S/C15H22BrN3O/c1-2-5-18-10-12(16)7-13(18)15(20)19-6-3-4-11-8-17-9-14(11)19/h7,10-11,14,17H,2-6,8-9H2,1H3. The van der Waals surface area contributed by atoms with Crippen LogP contribution in [0.1, 0.15) is 36.7 Å². The Morgan fingerprint density at radius 2 is 2.35 bits per heavy atom. The van der Waals surface area contributed by atoms with E-state index in [1.54, 1.807) is 0 Å². The van der Waals surface area contributed by atoms with Gasteiger partial charge in [-0.15, -0.1) is 0 Å². The third-order valence-electron chi connectivity index (χ3n) is 4.49. The molecule has 2 saturated heterocycles. The molecule has 0 spiro atoms. The van der Waals surface area contributed by atoms with E-state index in [0.717, 1.165) is 49.2 Å². The van der Waals surface area contributed by atoms with Crippen LogP contribution in [0.2, 0.25) is 0 Å². The SMILES string of the molecule is CCCn1cc(Br)cc1C(=O)N1CCCC2CNCC21. The molecule has 2 aliphatic heterocycles. The summed E-state index contributed by atoms with van der Waals surface area (Å²) in [5.41, 5.74) is 0.825. The van der Waals surface area contributed by atoms with Crippen LogP contribution in [0.15, 0.2) is 16.7 Å². The predicted octanol–water partition coefficient (Wildman–Crippen LogP) is 2.48. The normalized spacial score (nSPS) is 25.8. The number of nitrogens with zero attached hydrogens (tertiary/aromatic N) is 2. The van der Waals surface area contributed by atoms with Crippen molar-refractivity contribution in [2.75, 3.05) is 19.6 Å². The highest BCUT2D eigenvalue weighted by atomic mass is 79.9. The van der Waals surface area contributed by atoms with Gasteiger partial charge in [0.25, 0.3) is 5.91 Å². The maximum absolute atomic E-state index is 12.9. The minimum Gasteiger partial charge on any atom is -0.342 e. The van der Waals surface area contributed by atoms with Gasteiger partial charge in [-0.05, 0) is 47.2 Å². The molecule has 0 aromatic carbocycles. The second kappa shape index (κ2) is 5.90. The number of hydrogen-bond donors (Lipinski definition) is 1. The third-order valence-corrected chi connectivity index (χ3v) is 4.92. The molecule has 0 radical (unpaired) electrons. The summed E-state index contributed by atoms with van der Waals surface area (Å²) >= 11 is 3.50. The van der Waals surface area contributed by atoms with Gasteiger partial charge in [-0.1, -0.05) is 6.92 Å². The molecule has 1 aromatic heterocycles. The number of nitrogens with one attached hydrogen (secondary N) is 1. The van der Waals surface area contributed by atoms with Gasteiger partial charge in [-0.3, -0.25) is 4.79 Å². The zero-order chi connectivity index (χ0) is 14.1. The molecule has 0 saturated carbocycles. The van der Waals surface area contributed by atoms with Crippen molar-refractivity contribution < 1.29 is 4.79 Å². The first-order valence-corrected chi connectivity index (χ1v) is 8.37. The Morgan fingerprint density at radius 3 is 3.15 bits per heavy atom. The van der Waals surface area contributed by atoms with Crippen LogP contribution in [0.5, 0.6) is 0 Å². The number of fused-ring (bicyclic) bond motifs is 1. The van der Waals surface area contributed by atoms with Crippen molar-refractivity contribution in [1.29, 1.82) is 0 Å². The molecule has 1 N–H and O–H groups in total. The van der Waals surface area contributed by atoms with Crippen LogP contribution in [0, 0.1) is 5.92 Å². The fraction of sp³-hybridized carbons (Fsp3) is 0.667. The zero-order valence-corrected chi connectivity index (χ0v) is 13.5. The number of aryl methyl sites for hydroxylation is 1. The number of carbonyl (C=O) groups is 1. The Morgan fingerprint density at radius 1 is 1.50 bits per heavy atom. The summed E-state index contributed by atoms with van der Waals surface area (Å²) in [6.45, 7) is 5.95. The van der Waals surface area contributed by atoms with E-state index in [4.69, 9.17) is 0 Å². The van der Waals surface area contributed by atoms with Crippen molar-refractivity contribution in [2.24, 2.45) is 5.92 Å². The topological polar surface area (TPSA) is 37.3 Å². The van der Waals surface area contributed by atoms with Gasteiger partial charge in [-0.2, -0.15) is 0 Å². The summed E-state index contributed by atoms with van der Waals surface area (Å²) in [5.74, 6) is 0.841. The van der Waals surface area contributed by atoms with Crippen molar-refractivity contribution in [3.05, 3.63) is 22.4 Å². The maximum atomic E-state index is 12.9. The summed E-state index contributed by atoms with van der Waals surface area (Å²) in [6, 6.07) is 2.35. The molecule has 1 aromatic rings. The number of hydrogen-bond acceptors (Lipinski definition) is 2. The maximum Gasteiger partial charge on any atom is 0.270 e. The molecule has 2 unspecified atom stereocenters. The summed E-state index contributed by atoms with van der Waals surface area (Å²) in [7, 11) is 0. The largest absolute Gasteiger partial charge is 0.342 e. The summed E-state index contributed by atoms with van der Waals surface area (Å²) in [6.07, 6.45) is 5.44. The summed E-state index contributed by atoms with van der Waals surface area (Å²) < 4.78 is 3.07. The van der Waals surface area contributed by atoms with E-state index in [1.165, 1.54) is 6.42 Å². The van der Waals surface area contributed by atoms with Gasteiger partial charge in [0, 0.05) is 42.9 Å². The lowest BCUT2D eigenvalue weighted by Gasteiger charge is -2.37. The average Bonchev–Trinajstić information content (AvgIpc) is 3.04. The van der Waals surface area contributed by atoms with Gasteiger partial charge in [0.1, 0.15) is 5.69 Å². The monoisotopic (exact) mass is 339 g/mol. The van der Waals surface area contributed by atoms with Crippen LogP contribution >= 0.6 is 15.9 Å². The molecule has 0 bridgehead atoms. The van der Waals surface area contributed by atoms with Gasteiger partial charge in [0.05, 0.1) is 0 Å². The molecule has 1 amide bonds. The second-order valence-corrected chi connectivity index (χ2v) is 6.78. The molecule has 3 rings (SSSR count). The first-order chi connectivity index (χ1) is 9.70. The Kier molecular flexibility index (Phi) is 4.17. The molecular weight excluding hydrogens is 318 g/mol. The lowest BCUT2D eigenvalue weighted by Crippen LogP contribution is -2.48. The number of likely N-dealkylation sites (tertiary alicyclic amines) is 1. The third kappa shape index (κ3) is 2.53. The van der Waals surface area contributed by atoms with Gasteiger partial charge < -0.3 is 14.8 Å². The quantitative estimate of drug-likeness (QED) is 0.918. The van der Waals surface area contributed by atoms with Gasteiger partial charge >= 0.3 is 0 Å². The summed E-state index contributed by atoms with van der Waals surface area (Å²) in [5, 5.41) is 3.44. The molecule has 2 atom stereocenters. The van der Waals surface area contributed by atoms with Crippen molar-refractivity contribution in [2.45, 2.75) is 38.8 Å². The molecule has 0 aliphatic carbocycles. The van der Waals surface area contributed by atoms with Crippen LogP contribution in [-0.4, -0.2) is 41.1 Å². The molecule has 3 heterocycles. The molecule has 2 fully saturated rings. The number of carbonyl (C=O) groups excluding carboxylic acids is 1. The van der Waals surface area contributed by atoms with E-state index in [0.29, 0.717) is 12.0 Å². The minimum atomic E-state index is 0.197. The average molecular weight is 340 g/mol. The highest BCUT2D eigenvalue weighted by Gasteiger charge is 2.38. The predicted molar refractivity (Wildman–Crippen MR) is 82.8 cm³/mol. The van der Waals surface area contributed by atoms with Crippen molar-refractivity contribution >= 4 is 21.8 Å². The van der Waals surface area contributed by atoms with E-state index < -0.39 is 0 Å². The highest BCUT2D eigenvalue weighted by Crippen LogP contribution is 2.28. The Hall–Kier alpha value is -0.810. The van der Waals surface area contributed by atoms with Gasteiger partial charge in [0.15, 0.2) is 0 Å². The molecule has 2 aliphatic rings. The first kappa shape index (κ1) is 14.1. The number of rotatable bonds is 3. The Labute approximate surface area is 128 Å². The fourth-order valence-corrected chi connectivity index (χ4v) is 4.01. The number of halogens is 1. The van der Waals surface area contributed by atoms with Crippen LogP contribution in [0.4, 0.5) is 0 Å². The number of piperidine rings is 1. The Balaban J connectivity index is 1.84. The Bertz CT molecular complexity index is 499. The molecule has 110 valence electrons.